The van der Waals surface area contributed by atoms with E-state index < -0.39 is 0 Å². The number of unbranched alkanes of at least 4 members (excludes halogenated alkanes) is 1. The van der Waals surface area contributed by atoms with Crippen LogP contribution in [-0.2, 0) is 0 Å². The highest BCUT2D eigenvalue weighted by Gasteiger charge is 2.04. The van der Waals surface area contributed by atoms with Crippen LogP contribution in [0, 0.1) is 23.2 Å². The zero-order valence-electron chi connectivity index (χ0n) is 12.9. The molecule has 0 atom stereocenters. The molecule has 0 fully saturated rings. The molecule has 0 aliphatic carbocycles. The number of nitriles is 1. The number of rotatable bonds is 5. The van der Waals surface area contributed by atoms with E-state index in [1.807, 2.05) is 12.1 Å². The van der Waals surface area contributed by atoms with E-state index in [1.165, 1.54) is 0 Å². The van der Waals surface area contributed by atoms with Crippen molar-refractivity contribution in [2.24, 2.45) is 5.73 Å². The summed E-state index contributed by atoms with van der Waals surface area (Å²) in [5, 5.41) is 14.9. The normalized spacial score (nSPS) is 9.43. The minimum atomic E-state index is 0.464. The maximum Gasteiger partial charge on any atom is 0.229 e. The first kappa shape index (κ1) is 16.3. The molecule has 2 rings (SSSR count). The van der Waals surface area contributed by atoms with Gasteiger partial charge in [-0.25, -0.2) is 4.98 Å². The summed E-state index contributed by atoms with van der Waals surface area (Å²) < 4.78 is 0. The molecule has 116 valence electrons. The molecule has 0 radical (unpaired) electrons. The Morgan fingerprint density at radius 3 is 2.70 bits per heavy atom. The van der Waals surface area contributed by atoms with Crippen molar-refractivity contribution in [2.75, 3.05) is 24.2 Å². The second kappa shape index (κ2) is 8.38. The third-order valence-corrected chi connectivity index (χ3v) is 3.02. The van der Waals surface area contributed by atoms with Gasteiger partial charge in [-0.1, -0.05) is 11.8 Å². The maximum absolute atomic E-state index is 8.80. The molecule has 0 unspecified atom stereocenters. The highest BCUT2D eigenvalue weighted by Crippen LogP contribution is 2.17. The summed E-state index contributed by atoms with van der Waals surface area (Å²) in [7, 11) is 1.79. The Hall–Kier alpha value is -3.09. The van der Waals surface area contributed by atoms with Crippen LogP contribution < -0.4 is 16.4 Å². The topological polar surface area (TPSA) is 99.6 Å². The van der Waals surface area contributed by atoms with Crippen molar-refractivity contribution in [1.29, 1.82) is 5.26 Å². The highest BCUT2D eigenvalue weighted by atomic mass is 15.1. The smallest absolute Gasteiger partial charge is 0.229 e. The van der Waals surface area contributed by atoms with Crippen LogP contribution >= 0.6 is 0 Å². The Bertz CT molecular complexity index is 749. The second-order valence-corrected chi connectivity index (χ2v) is 4.71. The molecule has 6 heteroatoms. The number of benzene rings is 1. The van der Waals surface area contributed by atoms with Crippen LogP contribution in [0.3, 0.4) is 0 Å². The molecule has 2 aromatic rings. The van der Waals surface area contributed by atoms with Gasteiger partial charge in [-0.2, -0.15) is 10.2 Å². The van der Waals surface area contributed by atoms with Gasteiger partial charge in [0.05, 0.1) is 23.4 Å². The van der Waals surface area contributed by atoms with Gasteiger partial charge in [0, 0.05) is 19.2 Å². The first-order chi connectivity index (χ1) is 11.3. The standard InChI is InChI=1S/C17H18N6/c1-20-16-14(5-3-2-4-10-18)12-21-17(23-16)22-15-8-6-13(11-19)7-9-15/h6-9,12H,2,4,10,18H2,1H3,(H2,20,21,22,23). The zero-order chi connectivity index (χ0) is 16.5. The summed E-state index contributed by atoms with van der Waals surface area (Å²) in [6.07, 6.45) is 3.31. The number of hydrogen-bond acceptors (Lipinski definition) is 6. The number of aromatic nitrogens is 2. The number of nitrogens with two attached hydrogens (primary N) is 1. The van der Waals surface area contributed by atoms with Crippen LogP contribution in [-0.4, -0.2) is 23.6 Å². The molecule has 1 aromatic heterocycles. The average Bonchev–Trinajstić information content (AvgIpc) is 2.60. The number of anilines is 3. The van der Waals surface area contributed by atoms with Crippen molar-refractivity contribution in [3.05, 3.63) is 41.6 Å². The van der Waals surface area contributed by atoms with Gasteiger partial charge in [-0.15, -0.1) is 0 Å². The van der Waals surface area contributed by atoms with Crippen molar-refractivity contribution in [2.45, 2.75) is 12.8 Å². The van der Waals surface area contributed by atoms with Gasteiger partial charge >= 0.3 is 0 Å². The molecule has 0 bridgehead atoms. The summed E-state index contributed by atoms with van der Waals surface area (Å²) in [6, 6.07) is 9.16. The van der Waals surface area contributed by atoms with Crippen molar-refractivity contribution in [3.8, 4) is 17.9 Å². The minimum Gasteiger partial charge on any atom is -0.372 e. The SMILES string of the molecule is CNc1nc(Nc2ccc(C#N)cc2)ncc1C#CCCCN. The molecule has 1 aromatic carbocycles. The minimum absolute atomic E-state index is 0.464. The average molecular weight is 306 g/mol. The Labute approximate surface area is 135 Å². The molecule has 0 saturated carbocycles. The fourth-order valence-corrected chi connectivity index (χ4v) is 1.83. The summed E-state index contributed by atoms with van der Waals surface area (Å²) in [4.78, 5) is 8.67. The van der Waals surface area contributed by atoms with E-state index in [4.69, 9.17) is 11.0 Å². The second-order valence-electron chi connectivity index (χ2n) is 4.71. The lowest BCUT2D eigenvalue weighted by Crippen LogP contribution is -2.03. The van der Waals surface area contributed by atoms with Gasteiger partial charge in [0.25, 0.3) is 0 Å². The fourth-order valence-electron chi connectivity index (χ4n) is 1.83. The van der Waals surface area contributed by atoms with E-state index in [9.17, 15) is 0 Å². The van der Waals surface area contributed by atoms with Gasteiger partial charge in [0.15, 0.2) is 0 Å². The van der Waals surface area contributed by atoms with Gasteiger partial charge < -0.3 is 16.4 Å². The molecule has 1 heterocycles. The van der Waals surface area contributed by atoms with Crippen LogP contribution in [0.4, 0.5) is 17.5 Å². The van der Waals surface area contributed by atoms with Gasteiger partial charge in [0.2, 0.25) is 5.95 Å². The molecule has 23 heavy (non-hydrogen) atoms. The van der Waals surface area contributed by atoms with E-state index in [2.05, 4.69) is 38.5 Å². The van der Waals surface area contributed by atoms with Crippen LogP contribution in [0.15, 0.2) is 30.5 Å². The van der Waals surface area contributed by atoms with Gasteiger partial charge in [-0.3, -0.25) is 0 Å². The van der Waals surface area contributed by atoms with Crippen molar-refractivity contribution in [3.63, 3.8) is 0 Å². The number of nitrogens with zero attached hydrogens (tertiary/aromatic N) is 3. The predicted molar refractivity (Wildman–Crippen MR) is 91.2 cm³/mol. The third-order valence-electron chi connectivity index (χ3n) is 3.02. The van der Waals surface area contributed by atoms with E-state index in [0.717, 1.165) is 24.1 Å². The molecule has 4 N–H and O–H groups in total. The summed E-state index contributed by atoms with van der Waals surface area (Å²) >= 11 is 0. The molecule has 0 saturated heterocycles. The zero-order valence-corrected chi connectivity index (χ0v) is 12.9. The Kier molecular flexibility index (Phi) is 5.93. The Morgan fingerprint density at radius 2 is 2.04 bits per heavy atom. The molecule has 0 amide bonds. The van der Waals surface area contributed by atoms with E-state index >= 15 is 0 Å². The van der Waals surface area contributed by atoms with Crippen LogP contribution in [0.2, 0.25) is 0 Å². The maximum atomic E-state index is 8.80. The lowest BCUT2D eigenvalue weighted by atomic mass is 10.2. The summed E-state index contributed by atoms with van der Waals surface area (Å²) in [6.45, 7) is 0.636. The molecule has 0 aliphatic rings. The fraction of sp³-hybridized carbons (Fsp3) is 0.235. The van der Waals surface area contributed by atoms with Crippen LogP contribution in [0.25, 0.3) is 0 Å². The van der Waals surface area contributed by atoms with Crippen LogP contribution in [0.1, 0.15) is 24.0 Å². The molecular weight excluding hydrogens is 288 g/mol. The van der Waals surface area contributed by atoms with E-state index in [-0.39, 0.29) is 0 Å². The Morgan fingerprint density at radius 1 is 1.26 bits per heavy atom. The number of hydrogen-bond donors (Lipinski definition) is 3. The van der Waals surface area contributed by atoms with Crippen molar-refractivity contribution >= 4 is 17.5 Å². The molecule has 6 nitrogen and oxygen atoms in total. The van der Waals surface area contributed by atoms with Crippen molar-refractivity contribution < 1.29 is 0 Å². The lowest BCUT2D eigenvalue weighted by Gasteiger charge is -2.08. The first-order valence-electron chi connectivity index (χ1n) is 7.27. The predicted octanol–water partition coefficient (Wildman–Crippen LogP) is 2.22. The van der Waals surface area contributed by atoms with Gasteiger partial charge in [-0.05, 0) is 37.2 Å². The lowest BCUT2D eigenvalue weighted by molar-refractivity contribution is 0.870. The van der Waals surface area contributed by atoms with Crippen molar-refractivity contribution in [1.82, 2.24) is 9.97 Å². The monoisotopic (exact) mass is 306 g/mol. The third kappa shape index (κ3) is 4.70. The molecule has 0 aliphatic heterocycles. The molecule has 0 spiro atoms. The van der Waals surface area contributed by atoms with E-state index in [0.29, 0.717) is 23.9 Å². The number of nitrogens with one attached hydrogen (secondary N) is 2. The molecular formula is C17H18N6. The highest BCUT2D eigenvalue weighted by molar-refractivity contribution is 5.59. The summed E-state index contributed by atoms with van der Waals surface area (Å²) in [5.41, 5.74) is 7.61. The van der Waals surface area contributed by atoms with Crippen LogP contribution in [0.5, 0.6) is 0 Å². The van der Waals surface area contributed by atoms with Gasteiger partial charge in [0.1, 0.15) is 5.82 Å². The quantitative estimate of drug-likeness (QED) is 0.578. The summed E-state index contributed by atoms with van der Waals surface area (Å²) in [5.74, 6) is 7.23. The van der Waals surface area contributed by atoms with E-state index in [1.54, 1.807) is 25.4 Å². The Balaban J connectivity index is 2.14. The largest absolute Gasteiger partial charge is 0.372 e. The first-order valence-corrected chi connectivity index (χ1v) is 7.27.